The molecule has 10 atom stereocenters. The number of fused-ring (bicyclic) bond motifs is 7. The molecule has 0 spiro atoms. The maximum absolute atomic E-state index is 13.1. The molecule has 5 fully saturated rings. The Labute approximate surface area is 282 Å². The van der Waals surface area contributed by atoms with E-state index in [4.69, 9.17) is 4.74 Å². The summed E-state index contributed by atoms with van der Waals surface area (Å²) in [5.74, 6) is 2.06. The Hall–Kier alpha value is -1.36. The SMILES string of the molecule is C=C(C)[C@@H]1CC[C@]2(CCN(C)CCC)CC[C@]3(C)[C@H](CCC4[C@@]5(C)CC[C@H](OC(=O)CC(C)(C)C(=O)O)C(C)(C)C5CC[C@]43C)C12. The van der Waals surface area contributed by atoms with Crippen LogP contribution >= 0.6 is 0 Å². The maximum Gasteiger partial charge on any atom is 0.309 e. The Morgan fingerprint density at radius 2 is 1.59 bits per heavy atom. The number of carbonyl (C=O) groups excluding carboxylic acids is 1. The summed E-state index contributed by atoms with van der Waals surface area (Å²) in [5, 5.41) is 9.58. The number of aliphatic carboxylic acids is 1. The molecule has 0 aromatic carbocycles. The van der Waals surface area contributed by atoms with E-state index in [2.05, 4.69) is 67.0 Å². The minimum absolute atomic E-state index is 0.0833. The van der Waals surface area contributed by atoms with E-state index in [-0.39, 0.29) is 29.3 Å². The number of hydrogen-bond donors (Lipinski definition) is 1. The molecule has 0 saturated heterocycles. The third-order valence-corrected chi connectivity index (χ3v) is 16.2. The number of rotatable bonds is 10. The smallest absolute Gasteiger partial charge is 0.309 e. The average Bonchev–Trinajstić information content (AvgIpc) is 3.34. The van der Waals surface area contributed by atoms with Gasteiger partial charge in [0.15, 0.2) is 0 Å². The van der Waals surface area contributed by atoms with Crippen molar-refractivity contribution in [2.45, 2.75) is 152 Å². The average molecular weight is 640 g/mol. The first-order valence-electron chi connectivity index (χ1n) is 19.1. The molecule has 5 rings (SSSR count). The van der Waals surface area contributed by atoms with Crippen LogP contribution in [0.3, 0.4) is 0 Å². The van der Waals surface area contributed by atoms with Crippen molar-refractivity contribution in [1.82, 2.24) is 4.90 Å². The molecule has 5 heteroatoms. The second kappa shape index (κ2) is 12.2. The number of carbonyl (C=O) groups is 2. The van der Waals surface area contributed by atoms with E-state index in [1.54, 1.807) is 13.8 Å². The lowest BCUT2D eigenvalue weighted by atomic mass is 9.32. The first-order valence-corrected chi connectivity index (χ1v) is 19.1. The number of carboxylic acid groups (broad SMARTS) is 1. The Kier molecular flexibility index (Phi) is 9.53. The topological polar surface area (TPSA) is 66.8 Å². The molecule has 0 aromatic heterocycles. The molecular formula is C41H69NO4. The van der Waals surface area contributed by atoms with Crippen molar-refractivity contribution in [3.63, 3.8) is 0 Å². The Morgan fingerprint density at radius 3 is 2.22 bits per heavy atom. The summed E-state index contributed by atoms with van der Waals surface area (Å²) in [4.78, 5) is 27.3. The Bertz CT molecular complexity index is 1190. The highest BCUT2D eigenvalue weighted by Gasteiger charge is 2.71. The van der Waals surface area contributed by atoms with Gasteiger partial charge in [0, 0.05) is 5.41 Å². The van der Waals surface area contributed by atoms with Crippen LogP contribution < -0.4 is 0 Å². The minimum Gasteiger partial charge on any atom is -0.481 e. The lowest BCUT2D eigenvalue weighted by Gasteiger charge is -2.73. The Morgan fingerprint density at radius 1 is 0.891 bits per heavy atom. The van der Waals surface area contributed by atoms with Gasteiger partial charge in [-0.15, -0.1) is 0 Å². The quantitative estimate of drug-likeness (QED) is 0.190. The van der Waals surface area contributed by atoms with Crippen molar-refractivity contribution in [3.8, 4) is 0 Å². The van der Waals surface area contributed by atoms with Crippen molar-refractivity contribution in [1.29, 1.82) is 0 Å². The number of esters is 1. The van der Waals surface area contributed by atoms with Crippen molar-refractivity contribution in [2.75, 3.05) is 20.1 Å². The molecule has 5 aliphatic rings. The van der Waals surface area contributed by atoms with Crippen molar-refractivity contribution in [3.05, 3.63) is 12.2 Å². The zero-order valence-electron chi connectivity index (χ0n) is 31.4. The van der Waals surface area contributed by atoms with Gasteiger partial charge in [-0.1, -0.05) is 53.7 Å². The highest BCUT2D eigenvalue weighted by molar-refractivity contribution is 5.81. The maximum atomic E-state index is 13.1. The summed E-state index contributed by atoms with van der Waals surface area (Å²) in [6, 6.07) is 0. The van der Waals surface area contributed by atoms with Gasteiger partial charge < -0.3 is 14.7 Å². The lowest BCUT2D eigenvalue weighted by molar-refractivity contribution is -0.250. The van der Waals surface area contributed by atoms with Crippen LogP contribution in [0.4, 0.5) is 0 Å². The molecule has 0 radical (unpaired) electrons. The lowest BCUT2D eigenvalue weighted by Crippen LogP contribution is -2.66. The van der Waals surface area contributed by atoms with E-state index >= 15 is 0 Å². The second-order valence-electron chi connectivity index (χ2n) is 19.3. The van der Waals surface area contributed by atoms with E-state index in [9.17, 15) is 14.7 Å². The number of ether oxygens (including phenoxy) is 1. The van der Waals surface area contributed by atoms with Gasteiger partial charge in [-0.25, -0.2) is 0 Å². The fraction of sp³-hybridized carbons (Fsp3) is 0.902. The molecule has 1 N–H and O–H groups in total. The van der Waals surface area contributed by atoms with E-state index in [1.807, 2.05) is 0 Å². The van der Waals surface area contributed by atoms with Gasteiger partial charge in [0.25, 0.3) is 0 Å². The molecule has 5 saturated carbocycles. The second-order valence-corrected chi connectivity index (χ2v) is 19.3. The van der Waals surface area contributed by atoms with E-state index in [1.165, 1.54) is 82.9 Å². The number of hydrogen-bond acceptors (Lipinski definition) is 4. The van der Waals surface area contributed by atoms with Crippen LogP contribution in [0.15, 0.2) is 12.2 Å². The first-order chi connectivity index (χ1) is 21.3. The van der Waals surface area contributed by atoms with E-state index in [0.29, 0.717) is 34.0 Å². The molecule has 5 aliphatic carbocycles. The molecule has 46 heavy (non-hydrogen) atoms. The predicted octanol–water partition coefficient (Wildman–Crippen LogP) is 9.79. The van der Waals surface area contributed by atoms with Gasteiger partial charge in [0.2, 0.25) is 0 Å². The highest BCUT2D eigenvalue weighted by Crippen LogP contribution is 2.78. The number of nitrogens with zero attached hydrogens (tertiary/aromatic N) is 1. The predicted molar refractivity (Wildman–Crippen MR) is 187 cm³/mol. The van der Waals surface area contributed by atoms with Gasteiger partial charge in [-0.05, 0) is 169 Å². The summed E-state index contributed by atoms with van der Waals surface area (Å²) in [6.07, 6.45) is 14.9. The molecule has 262 valence electrons. The highest BCUT2D eigenvalue weighted by atomic mass is 16.5. The van der Waals surface area contributed by atoms with Crippen LogP contribution in [0.1, 0.15) is 146 Å². The molecule has 0 amide bonds. The van der Waals surface area contributed by atoms with Crippen molar-refractivity contribution in [2.24, 2.45) is 62.1 Å². The van der Waals surface area contributed by atoms with Gasteiger partial charge in [0.05, 0.1) is 11.8 Å². The summed E-state index contributed by atoms with van der Waals surface area (Å²) < 4.78 is 6.19. The molecule has 5 nitrogen and oxygen atoms in total. The molecule has 0 heterocycles. The minimum atomic E-state index is -1.11. The van der Waals surface area contributed by atoms with Crippen molar-refractivity contribution < 1.29 is 19.4 Å². The third kappa shape index (κ3) is 5.53. The van der Waals surface area contributed by atoms with Crippen molar-refractivity contribution >= 4 is 11.9 Å². The summed E-state index contributed by atoms with van der Waals surface area (Å²) >= 11 is 0. The van der Waals surface area contributed by atoms with Crippen LogP contribution in [0.5, 0.6) is 0 Å². The third-order valence-electron chi connectivity index (χ3n) is 16.2. The molecule has 0 aliphatic heterocycles. The van der Waals surface area contributed by atoms with Crippen LogP contribution in [0.25, 0.3) is 0 Å². The van der Waals surface area contributed by atoms with Gasteiger partial charge >= 0.3 is 11.9 Å². The fourth-order valence-electron chi connectivity index (χ4n) is 13.4. The number of carboxylic acids is 1. The molecule has 0 aromatic rings. The van der Waals surface area contributed by atoms with Crippen LogP contribution in [-0.4, -0.2) is 48.2 Å². The van der Waals surface area contributed by atoms with Gasteiger partial charge in [0.1, 0.15) is 6.10 Å². The first kappa shape index (κ1) is 35.9. The summed E-state index contributed by atoms with van der Waals surface area (Å²) in [7, 11) is 2.33. The van der Waals surface area contributed by atoms with E-state index < -0.39 is 11.4 Å². The summed E-state index contributed by atoms with van der Waals surface area (Å²) in [6.45, 7) is 27.6. The normalized spacial score (nSPS) is 43.2. The van der Waals surface area contributed by atoms with Crippen LogP contribution in [0, 0.1) is 62.1 Å². The monoisotopic (exact) mass is 640 g/mol. The fourth-order valence-corrected chi connectivity index (χ4v) is 13.4. The molecule has 0 bridgehead atoms. The largest absolute Gasteiger partial charge is 0.481 e. The number of allylic oxidation sites excluding steroid dienone is 1. The standard InChI is InChI=1S/C41H69NO4/c1-12-24-42(11)25-23-41-20-15-28(27(2)3)34(41)29-13-14-31-38(8)18-17-32(46-33(43)26-36(4,5)35(44)45)37(6,7)30(38)16-19-40(31,10)39(29,9)21-22-41/h28-32,34H,2,12-26H2,1,3-11H3,(H,44,45)/t28-,29+,30?,31?,32-,34?,38-,39+,40+,41+/m0/s1. The van der Waals surface area contributed by atoms with Crippen LogP contribution in [-0.2, 0) is 14.3 Å². The Balaban J connectivity index is 1.39. The van der Waals surface area contributed by atoms with E-state index in [0.717, 1.165) is 24.7 Å². The zero-order valence-corrected chi connectivity index (χ0v) is 31.4. The van der Waals surface area contributed by atoms with Gasteiger partial charge in [-0.3, -0.25) is 9.59 Å². The van der Waals surface area contributed by atoms with Crippen LogP contribution in [0.2, 0.25) is 0 Å². The van der Waals surface area contributed by atoms with Gasteiger partial charge in [-0.2, -0.15) is 0 Å². The molecule has 3 unspecified atom stereocenters. The molecular weight excluding hydrogens is 570 g/mol. The zero-order chi connectivity index (χ0) is 34.1. The summed E-state index contributed by atoms with van der Waals surface area (Å²) in [5.41, 5.74) is 1.51.